The third-order valence-corrected chi connectivity index (χ3v) is 6.98. The Kier molecular flexibility index (Phi) is 4.66. The number of carbonyl (C=O) groups excluding carboxylic acids is 2. The molecule has 5 rings (SSSR count). The number of hydrogen-bond donors (Lipinski definition) is 1. The average Bonchev–Trinajstić information content (AvgIpc) is 2.92. The summed E-state index contributed by atoms with van der Waals surface area (Å²) >= 11 is 0. The molecule has 1 aliphatic heterocycles. The lowest BCUT2D eigenvalue weighted by atomic mass is 9.49. The Labute approximate surface area is 161 Å². The minimum atomic E-state index is -1.17. The minimum Gasteiger partial charge on any atom is -0.444 e. The molecule has 4 bridgehead atoms. The Morgan fingerprint density at radius 2 is 1.63 bits per heavy atom. The topological polar surface area (TPSA) is 58.6 Å². The van der Waals surface area contributed by atoms with E-state index in [9.17, 15) is 14.0 Å². The van der Waals surface area contributed by atoms with Crippen LogP contribution in [0, 0.1) is 23.2 Å². The number of nitrogens with zero attached hydrogens (tertiary/aromatic N) is 1. The first-order valence-electron chi connectivity index (χ1n) is 10.5. The number of rotatable bonds is 3. The fraction of sp³-hybridized carbons (Fsp3) is 0.905. The SMILES string of the molecule is CC(C)(C)OC(=O)N1C[C@H](F)C[C@H]1C(=O)NCC12CC3CC(CC(C3)C1)C2. The van der Waals surface area contributed by atoms with E-state index in [0.29, 0.717) is 6.54 Å². The maximum absolute atomic E-state index is 14.0. The lowest BCUT2D eigenvalue weighted by Crippen LogP contribution is -2.54. The lowest BCUT2D eigenvalue weighted by molar-refractivity contribution is -0.127. The lowest BCUT2D eigenvalue weighted by Gasteiger charge is -2.57. The van der Waals surface area contributed by atoms with Crippen LogP contribution >= 0.6 is 0 Å². The van der Waals surface area contributed by atoms with Gasteiger partial charge in [-0.05, 0) is 82.5 Å². The van der Waals surface area contributed by atoms with Gasteiger partial charge in [0.2, 0.25) is 5.91 Å². The van der Waals surface area contributed by atoms with Crippen LogP contribution in [0.1, 0.15) is 65.7 Å². The molecular weight excluding hydrogens is 347 g/mol. The van der Waals surface area contributed by atoms with E-state index in [1.54, 1.807) is 20.8 Å². The Hall–Kier alpha value is -1.33. The molecule has 0 unspecified atom stereocenters. The molecule has 2 atom stereocenters. The van der Waals surface area contributed by atoms with Crippen LogP contribution in [-0.2, 0) is 9.53 Å². The molecule has 4 aliphatic carbocycles. The van der Waals surface area contributed by atoms with Gasteiger partial charge in [-0.1, -0.05) is 0 Å². The fourth-order valence-corrected chi connectivity index (χ4v) is 6.45. The molecule has 0 radical (unpaired) electrons. The highest BCUT2D eigenvalue weighted by molar-refractivity contribution is 5.86. The predicted octanol–water partition coefficient (Wildman–Crippen LogP) is 3.67. The molecule has 1 heterocycles. The molecule has 5 nitrogen and oxygen atoms in total. The molecule has 0 aromatic rings. The summed E-state index contributed by atoms with van der Waals surface area (Å²) in [5.41, 5.74) is -0.430. The van der Waals surface area contributed by atoms with Crippen molar-refractivity contribution in [3.63, 3.8) is 0 Å². The highest BCUT2D eigenvalue weighted by Crippen LogP contribution is 2.59. The summed E-state index contributed by atoms with van der Waals surface area (Å²) in [4.78, 5) is 26.5. The Balaban J connectivity index is 1.38. The van der Waals surface area contributed by atoms with Gasteiger partial charge < -0.3 is 10.1 Å². The van der Waals surface area contributed by atoms with E-state index in [1.165, 1.54) is 43.4 Å². The van der Waals surface area contributed by atoms with Crippen molar-refractivity contribution < 1.29 is 18.7 Å². The Morgan fingerprint density at radius 3 is 2.15 bits per heavy atom. The number of ether oxygens (including phenoxy) is 1. The molecule has 2 amide bonds. The zero-order valence-corrected chi connectivity index (χ0v) is 16.8. The van der Waals surface area contributed by atoms with E-state index < -0.39 is 23.9 Å². The molecule has 0 spiro atoms. The van der Waals surface area contributed by atoms with Crippen LogP contribution in [0.3, 0.4) is 0 Å². The molecule has 6 heteroatoms. The maximum atomic E-state index is 14.0. The van der Waals surface area contributed by atoms with Crippen molar-refractivity contribution in [1.29, 1.82) is 0 Å². The van der Waals surface area contributed by atoms with E-state index in [2.05, 4.69) is 5.32 Å². The van der Waals surface area contributed by atoms with Gasteiger partial charge >= 0.3 is 6.09 Å². The van der Waals surface area contributed by atoms with Crippen molar-refractivity contribution >= 4 is 12.0 Å². The van der Waals surface area contributed by atoms with Crippen molar-refractivity contribution in [3.05, 3.63) is 0 Å². The zero-order chi connectivity index (χ0) is 19.4. The average molecular weight is 381 g/mol. The van der Waals surface area contributed by atoms with E-state index in [1.807, 2.05) is 0 Å². The molecule has 1 saturated heterocycles. The summed E-state index contributed by atoms with van der Waals surface area (Å²) in [6.45, 7) is 5.93. The van der Waals surface area contributed by atoms with E-state index in [4.69, 9.17) is 4.74 Å². The zero-order valence-electron chi connectivity index (χ0n) is 16.8. The number of alkyl halides is 1. The fourth-order valence-electron chi connectivity index (χ4n) is 6.45. The maximum Gasteiger partial charge on any atom is 0.411 e. The highest BCUT2D eigenvalue weighted by atomic mass is 19.1. The van der Waals surface area contributed by atoms with E-state index in [0.717, 1.165) is 17.8 Å². The molecule has 1 N–H and O–H groups in total. The van der Waals surface area contributed by atoms with Gasteiger partial charge in [0, 0.05) is 13.0 Å². The van der Waals surface area contributed by atoms with Gasteiger partial charge in [0.05, 0.1) is 6.54 Å². The van der Waals surface area contributed by atoms with Crippen LogP contribution in [0.4, 0.5) is 9.18 Å². The van der Waals surface area contributed by atoms with Gasteiger partial charge in [-0.2, -0.15) is 0 Å². The molecule has 0 aromatic heterocycles. The van der Waals surface area contributed by atoms with Crippen molar-refractivity contribution in [2.75, 3.05) is 13.1 Å². The van der Waals surface area contributed by atoms with Gasteiger partial charge in [0.15, 0.2) is 0 Å². The number of nitrogens with one attached hydrogen (secondary N) is 1. The summed E-state index contributed by atoms with van der Waals surface area (Å²) in [5.74, 6) is 2.26. The van der Waals surface area contributed by atoms with Crippen LogP contribution in [0.25, 0.3) is 0 Å². The van der Waals surface area contributed by atoms with E-state index in [-0.39, 0.29) is 24.3 Å². The summed E-state index contributed by atoms with van der Waals surface area (Å²) in [6, 6.07) is -0.760. The monoisotopic (exact) mass is 380 g/mol. The molecule has 152 valence electrons. The number of halogens is 1. The molecule has 27 heavy (non-hydrogen) atoms. The Morgan fingerprint density at radius 1 is 1.07 bits per heavy atom. The molecule has 5 fully saturated rings. The van der Waals surface area contributed by atoms with Crippen molar-refractivity contribution in [1.82, 2.24) is 10.2 Å². The van der Waals surface area contributed by atoms with Crippen molar-refractivity contribution in [3.8, 4) is 0 Å². The van der Waals surface area contributed by atoms with Crippen molar-refractivity contribution in [2.24, 2.45) is 23.2 Å². The van der Waals surface area contributed by atoms with Crippen LogP contribution in [-0.4, -0.2) is 47.8 Å². The summed E-state index contributed by atoms with van der Waals surface area (Å²) < 4.78 is 19.4. The number of carbonyl (C=O) groups is 2. The van der Waals surface area contributed by atoms with E-state index >= 15 is 0 Å². The van der Waals surface area contributed by atoms with Gasteiger partial charge in [-0.25, -0.2) is 9.18 Å². The number of amides is 2. The first-order chi connectivity index (χ1) is 12.6. The minimum absolute atomic E-state index is 0.0615. The third kappa shape index (κ3) is 3.95. The van der Waals surface area contributed by atoms with Gasteiger partial charge in [-0.15, -0.1) is 0 Å². The second-order valence-electron chi connectivity index (χ2n) is 10.6. The predicted molar refractivity (Wildman–Crippen MR) is 99.9 cm³/mol. The van der Waals surface area contributed by atoms with Crippen LogP contribution in [0.2, 0.25) is 0 Å². The highest BCUT2D eigenvalue weighted by Gasteiger charge is 2.51. The normalized spacial score (nSPS) is 40.3. The quantitative estimate of drug-likeness (QED) is 0.813. The second-order valence-corrected chi connectivity index (χ2v) is 10.6. The summed E-state index contributed by atoms with van der Waals surface area (Å²) in [5, 5.41) is 3.09. The van der Waals surface area contributed by atoms with Crippen molar-refractivity contribution in [2.45, 2.75) is 83.5 Å². The second kappa shape index (κ2) is 6.63. The van der Waals surface area contributed by atoms with Crippen LogP contribution in [0.5, 0.6) is 0 Å². The van der Waals surface area contributed by atoms with Crippen LogP contribution < -0.4 is 5.32 Å². The number of likely N-dealkylation sites (tertiary alicyclic amines) is 1. The summed E-state index contributed by atoms with van der Waals surface area (Å²) in [6.07, 6.45) is 6.03. The molecule has 5 aliphatic rings. The molecule has 4 saturated carbocycles. The third-order valence-electron chi connectivity index (χ3n) is 6.98. The first-order valence-corrected chi connectivity index (χ1v) is 10.5. The molecular formula is C21H33FN2O3. The number of hydrogen-bond acceptors (Lipinski definition) is 3. The largest absolute Gasteiger partial charge is 0.444 e. The summed E-state index contributed by atoms with van der Waals surface area (Å²) in [7, 11) is 0. The Bertz CT molecular complexity index is 580. The smallest absolute Gasteiger partial charge is 0.411 e. The van der Waals surface area contributed by atoms with Crippen LogP contribution in [0.15, 0.2) is 0 Å². The molecule has 0 aromatic carbocycles. The van der Waals surface area contributed by atoms with Gasteiger partial charge in [0.1, 0.15) is 17.8 Å². The van der Waals surface area contributed by atoms with Gasteiger partial charge in [-0.3, -0.25) is 9.69 Å². The standard InChI is InChI=1S/C21H33FN2O3/c1-20(2,3)27-19(26)24-11-16(22)7-17(24)18(25)23-12-21-8-13-4-14(9-21)6-15(5-13)10-21/h13-17H,4-12H2,1-3H3,(H,23,25)/t13?,14?,15?,16-,17+,21?/m1/s1. The first kappa shape index (κ1) is 19.0. The van der Waals surface area contributed by atoms with Gasteiger partial charge in [0.25, 0.3) is 0 Å².